The molecule has 2 N–H and O–H groups in total. The number of fused-ring (bicyclic) bond motifs is 1. The van der Waals surface area contributed by atoms with Crippen molar-refractivity contribution in [1.29, 1.82) is 0 Å². The number of hydrogen-bond acceptors (Lipinski definition) is 4. The first-order valence-electron chi connectivity index (χ1n) is 6.72. The molecule has 0 saturated carbocycles. The molecule has 3 rings (SSSR count). The minimum absolute atomic E-state index is 0.0338. The van der Waals surface area contributed by atoms with Crippen molar-refractivity contribution in [2.45, 2.75) is 11.8 Å². The molecular weight excluding hydrogens is 318 g/mol. The van der Waals surface area contributed by atoms with E-state index in [9.17, 15) is 18.5 Å². The zero-order valence-electron chi connectivity index (χ0n) is 12.1. The summed E-state index contributed by atoms with van der Waals surface area (Å²) in [6, 6.07) is 11.8. The molecule has 0 aliphatic carbocycles. The number of nitro groups is 1. The van der Waals surface area contributed by atoms with Gasteiger partial charge in [-0.1, -0.05) is 0 Å². The molecule has 1 heterocycles. The zero-order chi connectivity index (χ0) is 16.6. The van der Waals surface area contributed by atoms with Crippen molar-refractivity contribution in [3.8, 4) is 0 Å². The summed E-state index contributed by atoms with van der Waals surface area (Å²) in [4.78, 5) is 13.2. The molecule has 118 valence electrons. The number of hydrogen-bond donors (Lipinski definition) is 2. The number of nitrogens with zero attached hydrogens (tertiary/aromatic N) is 1. The highest BCUT2D eigenvalue weighted by atomic mass is 32.2. The van der Waals surface area contributed by atoms with E-state index in [-0.39, 0.29) is 10.6 Å². The lowest BCUT2D eigenvalue weighted by molar-refractivity contribution is -0.384. The second-order valence-corrected chi connectivity index (χ2v) is 6.79. The van der Waals surface area contributed by atoms with Crippen molar-refractivity contribution in [2.24, 2.45) is 0 Å². The summed E-state index contributed by atoms with van der Waals surface area (Å²) >= 11 is 0. The van der Waals surface area contributed by atoms with Crippen molar-refractivity contribution in [1.82, 2.24) is 4.98 Å². The van der Waals surface area contributed by atoms with Gasteiger partial charge in [-0.3, -0.25) is 14.8 Å². The number of aryl methyl sites for hydroxylation is 1. The van der Waals surface area contributed by atoms with Gasteiger partial charge >= 0.3 is 0 Å². The third-order valence-electron chi connectivity index (χ3n) is 3.37. The molecule has 0 bridgehead atoms. The van der Waals surface area contributed by atoms with Gasteiger partial charge in [0.25, 0.3) is 15.7 Å². The van der Waals surface area contributed by atoms with E-state index in [1.165, 1.54) is 12.1 Å². The topological polar surface area (TPSA) is 105 Å². The quantitative estimate of drug-likeness (QED) is 0.565. The molecule has 0 atom stereocenters. The molecule has 0 spiro atoms. The highest BCUT2D eigenvalue weighted by molar-refractivity contribution is 7.92. The highest BCUT2D eigenvalue weighted by Gasteiger charge is 2.16. The van der Waals surface area contributed by atoms with Gasteiger partial charge in [-0.15, -0.1) is 0 Å². The Kier molecular flexibility index (Phi) is 3.53. The van der Waals surface area contributed by atoms with Crippen LogP contribution in [0.15, 0.2) is 53.4 Å². The van der Waals surface area contributed by atoms with Crippen LogP contribution in [0.3, 0.4) is 0 Å². The summed E-state index contributed by atoms with van der Waals surface area (Å²) in [7, 11) is -3.80. The van der Waals surface area contributed by atoms with Crippen molar-refractivity contribution < 1.29 is 13.3 Å². The lowest BCUT2D eigenvalue weighted by Crippen LogP contribution is -2.12. The van der Waals surface area contributed by atoms with Crippen molar-refractivity contribution in [3.63, 3.8) is 0 Å². The Morgan fingerprint density at radius 1 is 1.09 bits per heavy atom. The number of nitro benzene ring substituents is 1. The lowest BCUT2D eigenvalue weighted by Gasteiger charge is -2.08. The average Bonchev–Trinajstić information content (AvgIpc) is 2.86. The van der Waals surface area contributed by atoms with E-state index in [0.29, 0.717) is 5.69 Å². The summed E-state index contributed by atoms with van der Waals surface area (Å²) < 4.78 is 27.1. The van der Waals surface area contributed by atoms with Crippen LogP contribution in [0.1, 0.15) is 5.69 Å². The number of benzene rings is 2. The number of aromatic nitrogens is 1. The Morgan fingerprint density at radius 3 is 2.43 bits per heavy atom. The SMILES string of the molecule is Cc1cc2cc(NS(=O)(=O)c3ccc([N+](=O)[O-])cc3)ccc2[nH]1. The van der Waals surface area contributed by atoms with Crippen LogP contribution in [-0.2, 0) is 10.0 Å². The Balaban J connectivity index is 1.90. The van der Waals surface area contributed by atoms with Gasteiger partial charge in [0.1, 0.15) is 0 Å². The molecule has 3 aromatic rings. The number of H-pyrrole nitrogens is 1. The Labute approximate surface area is 132 Å². The third-order valence-corrected chi connectivity index (χ3v) is 4.76. The van der Waals surface area contributed by atoms with Crippen LogP contribution in [0.5, 0.6) is 0 Å². The van der Waals surface area contributed by atoms with Crippen LogP contribution < -0.4 is 4.72 Å². The van der Waals surface area contributed by atoms with Gasteiger partial charge in [-0.25, -0.2) is 8.42 Å². The van der Waals surface area contributed by atoms with Gasteiger partial charge < -0.3 is 4.98 Å². The van der Waals surface area contributed by atoms with Crippen LogP contribution >= 0.6 is 0 Å². The number of anilines is 1. The molecule has 0 aliphatic heterocycles. The van der Waals surface area contributed by atoms with Crippen molar-refractivity contribution in [3.05, 3.63) is 64.3 Å². The Hall–Kier alpha value is -2.87. The largest absolute Gasteiger partial charge is 0.359 e. The average molecular weight is 331 g/mol. The number of rotatable bonds is 4. The first-order valence-corrected chi connectivity index (χ1v) is 8.20. The predicted octanol–water partition coefficient (Wildman–Crippen LogP) is 3.19. The lowest BCUT2D eigenvalue weighted by atomic mass is 10.2. The van der Waals surface area contributed by atoms with E-state index in [1.807, 2.05) is 13.0 Å². The standard InChI is InChI=1S/C15H13N3O4S/c1-10-8-11-9-12(2-7-15(11)16-10)17-23(21,22)14-5-3-13(4-6-14)18(19)20/h2-9,16-17H,1H3. The predicted molar refractivity (Wildman–Crippen MR) is 86.9 cm³/mol. The minimum Gasteiger partial charge on any atom is -0.359 e. The zero-order valence-corrected chi connectivity index (χ0v) is 12.9. The first kappa shape index (κ1) is 15.0. The first-order chi connectivity index (χ1) is 10.8. The maximum atomic E-state index is 12.3. The van der Waals surface area contributed by atoms with Crippen LogP contribution in [-0.4, -0.2) is 18.3 Å². The molecule has 23 heavy (non-hydrogen) atoms. The van der Waals surface area contributed by atoms with Crippen molar-refractivity contribution in [2.75, 3.05) is 4.72 Å². The van der Waals surface area contributed by atoms with Gasteiger partial charge in [0, 0.05) is 34.4 Å². The maximum Gasteiger partial charge on any atom is 0.269 e. The molecular formula is C15H13N3O4S. The normalized spacial score (nSPS) is 11.5. The number of aromatic amines is 1. The number of nitrogens with one attached hydrogen (secondary N) is 2. The molecule has 0 radical (unpaired) electrons. The number of non-ortho nitro benzene ring substituents is 1. The van der Waals surface area contributed by atoms with Crippen LogP contribution in [0.25, 0.3) is 10.9 Å². The van der Waals surface area contributed by atoms with Gasteiger partial charge in [0.05, 0.1) is 9.82 Å². The summed E-state index contributed by atoms with van der Waals surface area (Å²) in [6.07, 6.45) is 0. The molecule has 0 saturated heterocycles. The fourth-order valence-electron chi connectivity index (χ4n) is 2.30. The molecule has 0 aliphatic rings. The summed E-state index contributed by atoms with van der Waals surface area (Å²) in [5.41, 5.74) is 2.17. The van der Waals surface area contributed by atoms with Gasteiger partial charge in [-0.05, 0) is 43.3 Å². The molecule has 8 heteroatoms. The summed E-state index contributed by atoms with van der Waals surface area (Å²) in [6.45, 7) is 1.92. The Morgan fingerprint density at radius 2 is 1.78 bits per heavy atom. The van der Waals surface area contributed by atoms with E-state index >= 15 is 0 Å². The van der Waals surface area contributed by atoms with Gasteiger partial charge in [0.2, 0.25) is 0 Å². The van der Waals surface area contributed by atoms with Crippen LogP contribution in [0.2, 0.25) is 0 Å². The van der Waals surface area contributed by atoms with Crippen molar-refractivity contribution >= 4 is 32.3 Å². The monoisotopic (exact) mass is 331 g/mol. The third kappa shape index (κ3) is 3.02. The molecule has 7 nitrogen and oxygen atoms in total. The smallest absolute Gasteiger partial charge is 0.269 e. The van der Waals surface area contributed by atoms with E-state index in [0.717, 1.165) is 28.7 Å². The molecule has 0 amide bonds. The fraction of sp³-hybridized carbons (Fsp3) is 0.0667. The second kappa shape index (κ2) is 5.40. The Bertz CT molecular complexity index is 991. The summed E-state index contributed by atoms with van der Waals surface area (Å²) in [5, 5.41) is 11.5. The fourth-order valence-corrected chi connectivity index (χ4v) is 3.35. The number of sulfonamides is 1. The van der Waals surface area contributed by atoms with E-state index in [2.05, 4.69) is 9.71 Å². The van der Waals surface area contributed by atoms with E-state index < -0.39 is 14.9 Å². The van der Waals surface area contributed by atoms with E-state index in [1.54, 1.807) is 18.2 Å². The molecule has 2 aromatic carbocycles. The summed E-state index contributed by atoms with van der Waals surface area (Å²) in [5.74, 6) is 0. The molecule has 0 unspecified atom stereocenters. The second-order valence-electron chi connectivity index (χ2n) is 5.11. The van der Waals surface area contributed by atoms with Crippen LogP contribution in [0, 0.1) is 17.0 Å². The molecule has 0 fully saturated rings. The highest BCUT2D eigenvalue weighted by Crippen LogP contribution is 2.23. The van der Waals surface area contributed by atoms with E-state index in [4.69, 9.17) is 0 Å². The van der Waals surface area contributed by atoms with Gasteiger partial charge in [0.15, 0.2) is 0 Å². The molecule has 1 aromatic heterocycles. The van der Waals surface area contributed by atoms with Crippen LogP contribution in [0.4, 0.5) is 11.4 Å². The van der Waals surface area contributed by atoms with Gasteiger partial charge in [-0.2, -0.15) is 0 Å². The maximum absolute atomic E-state index is 12.3. The minimum atomic E-state index is -3.80.